The van der Waals surface area contributed by atoms with Gasteiger partial charge in [0, 0.05) is 41.8 Å². The summed E-state index contributed by atoms with van der Waals surface area (Å²) in [4.78, 5) is 21.4. The van der Waals surface area contributed by atoms with E-state index < -0.39 is 9.85 Å². The van der Waals surface area contributed by atoms with Crippen molar-refractivity contribution in [3.8, 4) is 5.69 Å². The van der Waals surface area contributed by atoms with Crippen molar-refractivity contribution in [3.63, 3.8) is 0 Å². The normalized spacial score (nSPS) is 10.6. The van der Waals surface area contributed by atoms with Crippen molar-refractivity contribution in [2.45, 2.75) is 154 Å². The van der Waals surface area contributed by atoms with Gasteiger partial charge in [0.2, 0.25) is 0 Å². The Morgan fingerprint density at radius 2 is 0.981 bits per heavy atom. The van der Waals surface area contributed by atoms with E-state index in [1.54, 1.807) is 10.8 Å². The molecular formula is C41H64Cl3N5O4. The lowest BCUT2D eigenvalue weighted by Crippen LogP contribution is -3.00. The van der Waals surface area contributed by atoms with Crippen LogP contribution in [-0.4, -0.2) is 16.4 Å². The summed E-state index contributed by atoms with van der Waals surface area (Å²) >= 11 is 0. The van der Waals surface area contributed by atoms with Crippen LogP contribution in [0.4, 0.5) is 11.4 Å². The lowest BCUT2D eigenvalue weighted by Gasteiger charge is -2.04. The van der Waals surface area contributed by atoms with Crippen LogP contribution in [-0.2, 0) is 19.4 Å². The Bertz CT molecular complexity index is 1420. The summed E-state index contributed by atoms with van der Waals surface area (Å²) in [6.07, 6.45) is 38.0. The fourth-order valence-electron chi connectivity index (χ4n) is 6.81. The molecular weight excluding hydrogens is 733 g/mol. The number of rotatable bonds is 29. The molecule has 9 nitrogen and oxygen atoms in total. The van der Waals surface area contributed by atoms with Gasteiger partial charge >= 0.3 is 5.69 Å². The van der Waals surface area contributed by atoms with Gasteiger partial charge in [0.05, 0.1) is 16.4 Å². The van der Waals surface area contributed by atoms with Gasteiger partial charge in [0.25, 0.3) is 11.4 Å². The number of unbranched alkanes of at least 4 members (excludes halogenated alkanes) is 19. The molecule has 2 aromatic heterocycles. The molecule has 0 saturated carbocycles. The van der Waals surface area contributed by atoms with E-state index in [2.05, 4.69) is 34.8 Å². The monoisotopic (exact) mass is 795 g/mol. The Balaban J connectivity index is 0.00000901. The highest BCUT2D eigenvalue weighted by molar-refractivity contribution is 5.53. The second-order valence-electron chi connectivity index (χ2n) is 14.0. The molecule has 0 unspecified atom stereocenters. The highest BCUT2D eigenvalue weighted by Gasteiger charge is 2.26. The first-order valence-electron chi connectivity index (χ1n) is 19.7. The maximum atomic E-state index is 11.6. The van der Waals surface area contributed by atoms with Crippen LogP contribution < -0.4 is 52.1 Å². The van der Waals surface area contributed by atoms with E-state index in [0.29, 0.717) is 5.69 Å². The molecule has 53 heavy (non-hydrogen) atoms. The number of nitro benzene ring substituents is 2. The molecule has 0 bridgehead atoms. The van der Waals surface area contributed by atoms with Gasteiger partial charge in [-0.2, -0.15) is 4.57 Å². The van der Waals surface area contributed by atoms with E-state index in [9.17, 15) is 20.2 Å². The number of aromatic nitrogens is 2. The lowest BCUT2D eigenvalue weighted by molar-refractivity contribution is -0.697. The Kier molecular flexibility index (Phi) is 29.8. The summed E-state index contributed by atoms with van der Waals surface area (Å²) < 4.78 is 4.08. The first-order valence-corrected chi connectivity index (χ1v) is 19.7. The highest BCUT2D eigenvalue weighted by atomic mass is 35.5. The van der Waals surface area contributed by atoms with Crippen LogP contribution in [0, 0.1) is 20.2 Å². The van der Waals surface area contributed by atoms with Gasteiger partial charge < -0.3 is 43.0 Å². The predicted molar refractivity (Wildman–Crippen MR) is 200 cm³/mol. The van der Waals surface area contributed by atoms with Crippen molar-refractivity contribution < 1.29 is 61.9 Å². The number of halogens is 3. The van der Waals surface area contributed by atoms with Crippen LogP contribution in [0.15, 0.2) is 67.3 Å². The van der Waals surface area contributed by atoms with E-state index in [0.717, 1.165) is 37.6 Å². The quantitative estimate of drug-likeness (QED) is 0.0471. The molecule has 3 rings (SSSR count). The third-order valence-electron chi connectivity index (χ3n) is 9.77. The molecule has 3 N–H and O–H groups in total. The number of quaternary nitrogens is 1. The molecule has 0 saturated heterocycles. The molecule has 298 valence electrons. The molecule has 0 atom stereocenters. The smallest absolute Gasteiger partial charge is 0.347 e. The van der Waals surface area contributed by atoms with E-state index in [1.807, 2.05) is 18.3 Å². The molecule has 0 aliphatic heterocycles. The van der Waals surface area contributed by atoms with Crippen molar-refractivity contribution in [2.24, 2.45) is 0 Å². The molecule has 1 aromatic carbocycles. The van der Waals surface area contributed by atoms with Gasteiger partial charge in [-0.15, -0.1) is 0 Å². The van der Waals surface area contributed by atoms with Gasteiger partial charge in [0.15, 0.2) is 24.8 Å². The van der Waals surface area contributed by atoms with E-state index in [4.69, 9.17) is 0 Å². The van der Waals surface area contributed by atoms with Gasteiger partial charge in [-0.25, -0.2) is 4.57 Å². The molecule has 2 heterocycles. The SMILES string of the molecule is [Cl-].[Cl-].[Cl-].[NH3+]CCCCCCCCCCCCCc1ccc[n+](CCCCCCCCCCCCc2ccc[n+](-c3ccc([N+](=O)[O-])cc3[N+](=O)[O-])c2)c1. The molecule has 12 heteroatoms. The van der Waals surface area contributed by atoms with Crippen LogP contribution in [0.1, 0.15) is 146 Å². The Morgan fingerprint density at radius 1 is 0.528 bits per heavy atom. The predicted octanol–water partition coefficient (Wildman–Crippen LogP) is 0.298. The topological polar surface area (TPSA) is 122 Å². The van der Waals surface area contributed by atoms with Gasteiger partial charge in [-0.05, 0) is 57.1 Å². The number of nitrogens with zero attached hydrogens (tertiary/aromatic N) is 4. The molecule has 0 spiro atoms. The standard InChI is InChI=1S/C41H63N5O4.3ClH/c42-30-20-16-12-8-4-1-2-6-10-14-18-24-37-26-22-32-43(35-37)31-21-17-13-9-5-3-7-11-15-19-25-38-27-23-33-44(36-38)40-29-28-39(45(47)48)34-41(40)46(49)50;;;/h22-23,26-29,32-36H,1-21,24-25,30-31,42H2;3*1H/q+2;;;/p-2. The fourth-order valence-corrected chi connectivity index (χ4v) is 6.81. The lowest BCUT2D eigenvalue weighted by atomic mass is 10.0. The van der Waals surface area contributed by atoms with Crippen molar-refractivity contribution in [1.29, 1.82) is 0 Å². The van der Waals surface area contributed by atoms with Crippen LogP contribution in [0.3, 0.4) is 0 Å². The Hall–Kier alpha value is -2.85. The maximum Gasteiger partial charge on any atom is 0.347 e. The highest BCUT2D eigenvalue weighted by Crippen LogP contribution is 2.25. The minimum Gasteiger partial charge on any atom is -1.00 e. The largest absolute Gasteiger partial charge is 1.00 e. The number of aryl methyl sites for hydroxylation is 3. The molecule has 0 amide bonds. The Morgan fingerprint density at radius 3 is 1.47 bits per heavy atom. The second-order valence-corrected chi connectivity index (χ2v) is 14.0. The third kappa shape index (κ3) is 21.6. The van der Waals surface area contributed by atoms with Crippen LogP contribution in [0.25, 0.3) is 5.69 Å². The average Bonchev–Trinajstić information content (AvgIpc) is 3.12. The van der Waals surface area contributed by atoms with Crippen LogP contribution >= 0.6 is 0 Å². The van der Waals surface area contributed by atoms with Gasteiger partial charge in [-0.3, -0.25) is 20.2 Å². The number of pyridine rings is 2. The second kappa shape index (κ2) is 31.5. The van der Waals surface area contributed by atoms with Crippen LogP contribution in [0.2, 0.25) is 0 Å². The minimum absolute atomic E-state index is 0. The van der Waals surface area contributed by atoms with E-state index in [1.165, 1.54) is 153 Å². The summed E-state index contributed by atoms with van der Waals surface area (Å²) in [6, 6.07) is 12.2. The molecule has 0 fully saturated rings. The number of nitro groups is 2. The average molecular weight is 797 g/mol. The van der Waals surface area contributed by atoms with E-state index >= 15 is 0 Å². The summed E-state index contributed by atoms with van der Waals surface area (Å²) in [5.41, 5.74) is 6.28. The zero-order valence-electron chi connectivity index (χ0n) is 31.8. The summed E-state index contributed by atoms with van der Waals surface area (Å²) in [7, 11) is 0. The molecule has 0 radical (unpaired) electrons. The molecule has 0 aliphatic carbocycles. The summed E-state index contributed by atoms with van der Waals surface area (Å²) in [5.74, 6) is 0. The number of hydrogen-bond acceptors (Lipinski definition) is 4. The fraction of sp³-hybridized carbons (Fsp3) is 0.610. The van der Waals surface area contributed by atoms with Crippen molar-refractivity contribution >= 4 is 11.4 Å². The number of non-ortho nitro benzene ring substituents is 1. The van der Waals surface area contributed by atoms with Crippen molar-refractivity contribution in [2.75, 3.05) is 6.54 Å². The molecule has 0 aliphatic rings. The van der Waals surface area contributed by atoms with Gasteiger partial charge in [-0.1, -0.05) is 96.3 Å². The first kappa shape index (κ1) is 50.1. The zero-order valence-corrected chi connectivity index (χ0v) is 34.1. The van der Waals surface area contributed by atoms with Crippen molar-refractivity contribution in [1.82, 2.24) is 0 Å². The maximum absolute atomic E-state index is 11.6. The van der Waals surface area contributed by atoms with E-state index in [-0.39, 0.29) is 48.6 Å². The number of hydrogen-bond donors (Lipinski definition) is 1. The minimum atomic E-state index is -0.613. The first-order chi connectivity index (χ1) is 24.5. The molecule has 3 aromatic rings. The zero-order chi connectivity index (χ0) is 35.7. The summed E-state index contributed by atoms with van der Waals surface area (Å²) in [6.45, 7) is 2.21. The Labute approximate surface area is 337 Å². The summed E-state index contributed by atoms with van der Waals surface area (Å²) in [5, 5.41) is 22.6. The number of benzene rings is 1. The third-order valence-corrected chi connectivity index (χ3v) is 9.77. The van der Waals surface area contributed by atoms with Gasteiger partial charge in [0.1, 0.15) is 12.6 Å². The van der Waals surface area contributed by atoms with Crippen LogP contribution in [0.5, 0.6) is 0 Å². The van der Waals surface area contributed by atoms with Crippen molar-refractivity contribution in [3.05, 3.63) is 98.6 Å².